The SMILES string of the molecule is CC(=O)OC[C@H]1O[C@@H](OC(C)=O)[C@@H](NC(=O)N(CCCl)N=O)[C@@H](OC(C)=O)[C@H]1OC(C)=O. The van der Waals surface area contributed by atoms with Crippen LogP contribution in [0.25, 0.3) is 0 Å². The first-order chi connectivity index (χ1) is 15.0. The predicted octanol–water partition coefficient (Wildman–Crippen LogP) is 0.00130. The maximum Gasteiger partial charge on any atom is 0.341 e. The van der Waals surface area contributed by atoms with Crippen LogP contribution in [-0.4, -0.2) is 84.6 Å². The number of nitrogens with one attached hydrogen (secondary N) is 1. The molecule has 0 aromatic heterocycles. The highest BCUT2D eigenvalue weighted by Gasteiger charge is 2.52. The van der Waals surface area contributed by atoms with E-state index < -0.39 is 67.2 Å². The minimum atomic E-state index is -1.59. The summed E-state index contributed by atoms with van der Waals surface area (Å²) >= 11 is 5.53. The van der Waals surface area contributed by atoms with E-state index in [1.54, 1.807) is 0 Å². The molecule has 5 atom stereocenters. The molecule has 1 aliphatic heterocycles. The molecular formula is C17H24ClN3O11. The molecule has 15 heteroatoms. The summed E-state index contributed by atoms with van der Waals surface area (Å²) < 4.78 is 26.0. The summed E-state index contributed by atoms with van der Waals surface area (Å²) in [6.07, 6.45) is -5.69. The van der Waals surface area contributed by atoms with Gasteiger partial charge in [0.1, 0.15) is 18.8 Å². The number of urea groups is 1. The Kier molecular flexibility index (Phi) is 10.8. The van der Waals surface area contributed by atoms with Crippen LogP contribution in [0.15, 0.2) is 5.29 Å². The molecule has 0 bridgehead atoms. The van der Waals surface area contributed by atoms with Gasteiger partial charge in [-0.25, -0.2) is 4.79 Å². The maximum atomic E-state index is 12.5. The Morgan fingerprint density at radius 3 is 1.97 bits per heavy atom. The summed E-state index contributed by atoms with van der Waals surface area (Å²) in [6, 6.07) is -2.53. The van der Waals surface area contributed by atoms with Crippen molar-refractivity contribution in [3.05, 3.63) is 4.91 Å². The van der Waals surface area contributed by atoms with Gasteiger partial charge >= 0.3 is 29.9 Å². The monoisotopic (exact) mass is 481 g/mol. The number of carbonyl (C=O) groups is 5. The fraction of sp³-hybridized carbons (Fsp3) is 0.706. The van der Waals surface area contributed by atoms with Gasteiger partial charge in [-0.05, 0) is 0 Å². The summed E-state index contributed by atoms with van der Waals surface area (Å²) in [4.78, 5) is 69.7. The van der Waals surface area contributed by atoms with Crippen LogP contribution in [0.2, 0.25) is 0 Å². The summed E-state index contributed by atoms with van der Waals surface area (Å²) in [6.45, 7) is 3.57. The third-order valence-electron chi connectivity index (χ3n) is 3.90. The molecule has 0 aromatic carbocycles. The number of carbonyl (C=O) groups excluding carboxylic acids is 5. The van der Waals surface area contributed by atoms with Crippen LogP contribution in [0.5, 0.6) is 0 Å². The summed E-state index contributed by atoms with van der Waals surface area (Å²) in [5.41, 5.74) is 0. The average Bonchev–Trinajstić information content (AvgIpc) is 2.67. The maximum absolute atomic E-state index is 12.5. The van der Waals surface area contributed by atoms with E-state index in [9.17, 15) is 28.9 Å². The van der Waals surface area contributed by atoms with Gasteiger partial charge in [0, 0.05) is 33.6 Å². The Hall–Kier alpha value is -3.00. The molecule has 2 amide bonds. The molecule has 0 aliphatic carbocycles. The first-order valence-electron chi connectivity index (χ1n) is 9.27. The zero-order valence-electron chi connectivity index (χ0n) is 17.8. The normalized spacial score (nSPS) is 24.5. The van der Waals surface area contributed by atoms with Crippen molar-refractivity contribution in [2.75, 3.05) is 19.0 Å². The van der Waals surface area contributed by atoms with E-state index in [4.69, 9.17) is 35.3 Å². The highest BCUT2D eigenvalue weighted by molar-refractivity contribution is 6.18. The number of ether oxygens (including phenoxy) is 5. The van der Waals surface area contributed by atoms with Crippen LogP contribution < -0.4 is 5.32 Å². The van der Waals surface area contributed by atoms with Crippen molar-refractivity contribution >= 4 is 41.5 Å². The molecule has 14 nitrogen and oxygen atoms in total. The number of hydrogen-bond donors (Lipinski definition) is 1. The third-order valence-corrected chi connectivity index (χ3v) is 4.07. The first-order valence-corrected chi connectivity index (χ1v) is 9.81. The van der Waals surface area contributed by atoms with Gasteiger partial charge in [0.05, 0.1) is 11.8 Å². The Bertz CT molecular complexity index is 735. The standard InChI is InChI=1S/C17H24ClN3O11/c1-8(22)28-7-12-14(29-9(2)23)15(30-10(3)24)13(16(32-12)31-11(4)25)19-17(26)21(20-27)6-5-18/h12-16H,5-7H2,1-4H3,(H,19,26)/t12-,13+,14+,15-,16-/m1/s1. The van der Waals surface area contributed by atoms with Gasteiger partial charge in [-0.3, -0.25) is 19.2 Å². The molecule has 1 saturated heterocycles. The average molecular weight is 482 g/mol. The highest BCUT2D eigenvalue weighted by atomic mass is 35.5. The van der Waals surface area contributed by atoms with Crippen LogP contribution >= 0.6 is 11.6 Å². The van der Waals surface area contributed by atoms with Gasteiger partial charge in [0.15, 0.2) is 12.2 Å². The number of amides is 2. The lowest BCUT2D eigenvalue weighted by atomic mass is 9.96. The lowest BCUT2D eigenvalue weighted by Crippen LogP contribution is -2.67. The fourth-order valence-corrected chi connectivity index (χ4v) is 2.96. The zero-order valence-corrected chi connectivity index (χ0v) is 18.5. The topological polar surface area (TPSA) is 176 Å². The molecule has 0 unspecified atom stereocenters. The molecule has 180 valence electrons. The number of nitrogens with zero attached hydrogens (tertiary/aromatic N) is 2. The molecule has 1 aliphatic rings. The second-order valence-corrected chi connectivity index (χ2v) is 6.85. The van der Waals surface area contributed by atoms with Crippen molar-refractivity contribution in [3.63, 3.8) is 0 Å². The number of halogens is 1. The largest absolute Gasteiger partial charge is 0.463 e. The number of esters is 4. The Labute approximate surface area is 187 Å². The van der Waals surface area contributed by atoms with Gasteiger partial charge in [-0.1, -0.05) is 0 Å². The Morgan fingerprint density at radius 2 is 1.50 bits per heavy atom. The Balaban J connectivity index is 3.38. The number of hydrogen-bond acceptors (Lipinski definition) is 12. The molecule has 1 N–H and O–H groups in total. The van der Waals surface area contributed by atoms with E-state index in [-0.39, 0.29) is 12.4 Å². The van der Waals surface area contributed by atoms with Crippen molar-refractivity contribution in [1.82, 2.24) is 10.3 Å². The number of alkyl halides is 1. The van der Waals surface area contributed by atoms with Gasteiger partial charge in [-0.15, -0.1) is 16.5 Å². The molecule has 1 fully saturated rings. The zero-order chi connectivity index (χ0) is 24.4. The van der Waals surface area contributed by atoms with E-state index in [2.05, 4.69) is 10.6 Å². The lowest BCUT2D eigenvalue weighted by Gasteiger charge is -2.44. The smallest absolute Gasteiger partial charge is 0.341 e. The molecule has 0 saturated carbocycles. The van der Waals surface area contributed by atoms with Gasteiger partial charge in [-0.2, -0.15) is 5.01 Å². The third kappa shape index (κ3) is 8.26. The molecule has 0 spiro atoms. The molecule has 1 heterocycles. The summed E-state index contributed by atoms with van der Waals surface area (Å²) in [7, 11) is 0. The molecular weight excluding hydrogens is 458 g/mol. The minimum Gasteiger partial charge on any atom is -0.463 e. The summed E-state index contributed by atoms with van der Waals surface area (Å²) in [5, 5.41) is 5.28. The quantitative estimate of drug-likeness (QED) is 0.154. The summed E-state index contributed by atoms with van der Waals surface area (Å²) in [5.74, 6) is -3.29. The van der Waals surface area contributed by atoms with Gasteiger partial charge in [0.25, 0.3) is 0 Å². The van der Waals surface area contributed by atoms with Crippen molar-refractivity contribution in [1.29, 1.82) is 0 Å². The lowest BCUT2D eigenvalue weighted by molar-refractivity contribution is -0.270. The van der Waals surface area contributed by atoms with Crippen molar-refractivity contribution in [2.45, 2.75) is 58.3 Å². The second kappa shape index (κ2) is 12.8. The second-order valence-electron chi connectivity index (χ2n) is 6.47. The number of rotatable bonds is 9. The van der Waals surface area contributed by atoms with E-state index in [0.29, 0.717) is 5.01 Å². The van der Waals surface area contributed by atoms with Crippen LogP contribution in [0.1, 0.15) is 27.7 Å². The van der Waals surface area contributed by atoms with E-state index in [0.717, 1.165) is 27.7 Å². The molecule has 0 aromatic rings. The van der Waals surface area contributed by atoms with Crippen LogP contribution in [0, 0.1) is 4.91 Å². The first kappa shape index (κ1) is 27.0. The highest BCUT2D eigenvalue weighted by Crippen LogP contribution is 2.28. The van der Waals surface area contributed by atoms with Crippen molar-refractivity contribution in [3.8, 4) is 0 Å². The van der Waals surface area contributed by atoms with Crippen LogP contribution in [0.3, 0.4) is 0 Å². The van der Waals surface area contributed by atoms with E-state index in [1.165, 1.54) is 0 Å². The van der Waals surface area contributed by atoms with Crippen molar-refractivity contribution < 1.29 is 47.7 Å². The predicted molar refractivity (Wildman–Crippen MR) is 104 cm³/mol. The molecule has 0 radical (unpaired) electrons. The fourth-order valence-electron chi connectivity index (χ4n) is 2.80. The Morgan fingerprint density at radius 1 is 0.938 bits per heavy atom. The molecule has 32 heavy (non-hydrogen) atoms. The van der Waals surface area contributed by atoms with Gasteiger partial charge in [0.2, 0.25) is 6.29 Å². The van der Waals surface area contributed by atoms with Crippen molar-refractivity contribution in [2.24, 2.45) is 5.29 Å². The van der Waals surface area contributed by atoms with E-state index >= 15 is 0 Å². The van der Waals surface area contributed by atoms with Crippen LogP contribution in [0.4, 0.5) is 4.79 Å². The minimum absolute atomic E-state index is 0.123. The van der Waals surface area contributed by atoms with Crippen LogP contribution in [-0.2, 0) is 42.9 Å². The molecule has 1 rings (SSSR count). The van der Waals surface area contributed by atoms with Gasteiger partial charge < -0.3 is 29.0 Å². The number of nitroso groups, excluding NO2 is 1. The van der Waals surface area contributed by atoms with E-state index in [1.807, 2.05) is 0 Å².